The summed E-state index contributed by atoms with van der Waals surface area (Å²) in [5.41, 5.74) is 1.28. The average Bonchev–Trinajstić information content (AvgIpc) is 2.48. The second-order valence-corrected chi connectivity index (χ2v) is 4.60. The van der Waals surface area contributed by atoms with E-state index in [4.69, 9.17) is 4.74 Å². The fourth-order valence-corrected chi connectivity index (χ4v) is 1.87. The summed E-state index contributed by atoms with van der Waals surface area (Å²) in [5, 5.41) is 2.79. The summed E-state index contributed by atoms with van der Waals surface area (Å²) in [6.07, 6.45) is 3.41. The number of aromatic nitrogens is 1. The fraction of sp³-hybridized carbons (Fsp3) is 0.188. The molecule has 1 aromatic heterocycles. The number of benzene rings is 1. The summed E-state index contributed by atoms with van der Waals surface area (Å²) in [4.78, 5) is 23.3. The third-order valence-electron chi connectivity index (χ3n) is 2.96. The lowest BCUT2D eigenvalue weighted by Gasteiger charge is -2.04. The van der Waals surface area contributed by atoms with Crippen LogP contribution in [0.25, 0.3) is 0 Å². The van der Waals surface area contributed by atoms with Crippen LogP contribution in [-0.4, -0.2) is 18.8 Å². The van der Waals surface area contributed by atoms with Crippen molar-refractivity contribution >= 4 is 17.4 Å². The van der Waals surface area contributed by atoms with Gasteiger partial charge in [-0.15, -0.1) is 0 Å². The molecule has 2 aromatic rings. The van der Waals surface area contributed by atoms with E-state index in [1.165, 1.54) is 6.92 Å². The number of amides is 1. The summed E-state index contributed by atoms with van der Waals surface area (Å²) in [5.74, 6) is 0.544. The fourth-order valence-electron chi connectivity index (χ4n) is 1.87. The number of carbonyl (C=O) groups is 2. The summed E-state index contributed by atoms with van der Waals surface area (Å²) in [6, 6.07) is 10.6. The Morgan fingerprint density at radius 3 is 2.52 bits per heavy atom. The molecule has 0 spiro atoms. The maximum Gasteiger partial charge on any atom is 0.290 e. The van der Waals surface area contributed by atoms with E-state index in [0.29, 0.717) is 11.3 Å². The van der Waals surface area contributed by atoms with E-state index in [1.54, 1.807) is 60.5 Å². The van der Waals surface area contributed by atoms with Gasteiger partial charge >= 0.3 is 0 Å². The van der Waals surface area contributed by atoms with E-state index < -0.39 is 0 Å². The number of nitrogens with zero attached hydrogens (tertiary/aromatic N) is 1. The van der Waals surface area contributed by atoms with Crippen molar-refractivity contribution < 1.29 is 18.9 Å². The van der Waals surface area contributed by atoms with E-state index in [-0.39, 0.29) is 18.2 Å². The Kier molecular flexibility index (Phi) is 4.66. The van der Waals surface area contributed by atoms with Gasteiger partial charge in [-0.25, -0.2) is 0 Å². The summed E-state index contributed by atoms with van der Waals surface area (Å²) < 4.78 is 6.73. The molecule has 0 fully saturated rings. The van der Waals surface area contributed by atoms with Crippen LogP contribution in [0.4, 0.5) is 5.69 Å². The number of Topliss-reactive ketones (excluding diaryl/α,β-unsaturated/α-hetero) is 1. The minimum absolute atomic E-state index is 0.0279. The van der Waals surface area contributed by atoms with Crippen LogP contribution >= 0.6 is 0 Å². The summed E-state index contributed by atoms with van der Waals surface area (Å²) >= 11 is 0. The van der Waals surface area contributed by atoms with Gasteiger partial charge in [-0.2, -0.15) is 4.57 Å². The molecule has 0 saturated carbocycles. The molecule has 5 nitrogen and oxygen atoms in total. The Morgan fingerprint density at radius 2 is 1.90 bits per heavy atom. The number of nitrogens with one attached hydrogen (secondary N) is 1. The van der Waals surface area contributed by atoms with Crippen LogP contribution in [-0.2, 0) is 11.3 Å². The molecular weight excluding hydrogens is 268 g/mol. The Balaban J connectivity index is 2.00. The van der Waals surface area contributed by atoms with Crippen molar-refractivity contribution in [1.82, 2.24) is 0 Å². The van der Waals surface area contributed by atoms with Crippen molar-refractivity contribution in [2.45, 2.75) is 13.5 Å². The maximum atomic E-state index is 12.0. The number of anilines is 1. The minimum Gasteiger partial charge on any atom is -0.497 e. The first-order valence-corrected chi connectivity index (χ1v) is 6.52. The second kappa shape index (κ2) is 6.65. The third-order valence-corrected chi connectivity index (χ3v) is 2.96. The lowest BCUT2D eigenvalue weighted by Crippen LogP contribution is -2.40. The van der Waals surface area contributed by atoms with Crippen LogP contribution in [0.15, 0.2) is 48.8 Å². The maximum absolute atomic E-state index is 12.0. The summed E-state index contributed by atoms with van der Waals surface area (Å²) in [6.45, 7) is 1.64. The zero-order chi connectivity index (χ0) is 15.2. The average molecular weight is 285 g/mol. The molecule has 0 aliphatic rings. The molecule has 0 bridgehead atoms. The number of ether oxygens (including phenoxy) is 1. The first-order chi connectivity index (χ1) is 10.1. The monoisotopic (exact) mass is 285 g/mol. The van der Waals surface area contributed by atoms with Crippen LogP contribution < -0.4 is 14.6 Å². The minimum atomic E-state index is -0.161. The standard InChI is InChI=1S/C16H16N2O3/c1-12(19)13-4-3-9-18(10-13)11-16(20)17-14-5-7-15(21-2)8-6-14/h3-10H,11H2,1-2H3/p+1. The highest BCUT2D eigenvalue weighted by Gasteiger charge is 2.11. The molecule has 0 radical (unpaired) electrons. The molecule has 1 aromatic carbocycles. The quantitative estimate of drug-likeness (QED) is 0.673. The van der Waals surface area contributed by atoms with Gasteiger partial charge in [-0.05, 0) is 37.3 Å². The van der Waals surface area contributed by atoms with Crippen LogP contribution in [0.2, 0.25) is 0 Å². The van der Waals surface area contributed by atoms with E-state index in [0.717, 1.165) is 5.75 Å². The van der Waals surface area contributed by atoms with Crippen LogP contribution in [0.5, 0.6) is 5.75 Å². The third kappa shape index (κ3) is 4.14. The highest BCUT2D eigenvalue weighted by molar-refractivity contribution is 5.93. The van der Waals surface area contributed by atoms with Crippen molar-refractivity contribution in [1.29, 1.82) is 0 Å². The SMILES string of the molecule is COc1ccc(NC(=O)C[n+]2cccc(C(C)=O)c2)cc1. The highest BCUT2D eigenvalue weighted by Crippen LogP contribution is 2.14. The molecule has 0 saturated heterocycles. The van der Waals surface area contributed by atoms with E-state index >= 15 is 0 Å². The van der Waals surface area contributed by atoms with Gasteiger partial charge in [0.2, 0.25) is 6.54 Å². The molecule has 0 aliphatic heterocycles. The second-order valence-electron chi connectivity index (χ2n) is 4.60. The molecular formula is C16H17N2O3+. The van der Waals surface area contributed by atoms with E-state index in [2.05, 4.69) is 5.32 Å². The first kappa shape index (κ1) is 14.7. The molecule has 0 unspecified atom stereocenters. The predicted molar refractivity (Wildman–Crippen MR) is 78.3 cm³/mol. The van der Waals surface area contributed by atoms with Gasteiger partial charge in [-0.3, -0.25) is 9.59 Å². The molecule has 5 heteroatoms. The molecule has 0 aliphatic carbocycles. The highest BCUT2D eigenvalue weighted by atomic mass is 16.5. The van der Waals surface area contributed by atoms with Crippen LogP contribution in [0, 0.1) is 0 Å². The molecule has 1 N–H and O–H groups in total. The molecule has 21 heavy (non-hydrogen) atoms. The zero-order valence-electron chi connectivity index (χ0n) is 12.0. The number of carbonyl (C=O) groups excluding carboxylic acids is 2. The van der Waals surface area contributed by atoms with Gasteiger partial charge < -0.3 is 10.1 Å². The normalized spacial score (nSPS) is 10.0. The van der Waals surface area contributed by atoms with Crippen molar-refractivity contribution in [3.05, 3.63) is 54.4 Å². The smallest absolute Gasteiger partial charge is 0.290 e. The van der Waals surface area contributed by atoms with Gasteiger partial charge in [0.15, 0.2) is 18.2 Å². The van der Waals surface area contributed by atoms with Gasteiger partial charge in [0, 0.05) is 11.8 Å². The zero-order valence-corrected chi connectivity index (χ0v) is 12.0. The summed E-state index contributed by atoms with van der Waals surface area (Å²) in [7, 11) is 1.59. The van der Waals surface area contributed by atoms with Crippen LogP contribution in [0.3, 0.4) is 0 Å². The van der Waals surface area contributed by atoms with Gasteiger partial charge in [0.1, 0.15) is 5.75 Å². The predicted octanol–water partition coefficient (Wildman–Crippen LogP) is 1.82. The van der Waals surface area contributed by atoms with Crippen molar-refractivity contribution in [2.75, 3.05) is 12.4 Å². The molecule has 0 atom stereocenters. The largest absolute Gasteiger partial charge is 0.497 e. The van der Waals surface area contributed by atoms with E-state index in [1.807, 2.05) is 0 Å². The van der Waals surface area contributed by atoms with E-state index in [9.17, 15) is 9.59 Å². The molecule has 108 valence electrons. The topological polar surface area (TPSA) is 59.3 Å². The Morgan fingerprint density at radius 1 is 1.19 bits per heavy atom. The van der Waals surface area contributed by atoms with Crippen molar-refractivity contribution in [3.8, 4) is 5.75 Å². The number of hydrogen-bond donors (Lipinski definition) is 1. The number of rotatable bonds is 5. The van der Waals surface area contributed by atoms with Crippen molar-refractivity contribution in [2.24, 2.45) is 0 Å². The van der Waals surface area contributed by atoms with Gasteiger partial charge in [0.25, 0.3) is 5.91 Å². The Hall–Kier alpha value is -2.69. The first-order valence-electron chi connectivity index (χ1n) is 6.52. The molecule has 1 amide bonds. The lowest BCUT2D eigenvalue weighted by atomic mass is 10.2. The number of ketones is 1. The van der Waals surface area contributed by atoms with Gasteiger partial charge in [-0.1, -0.05) is 0 Å². The molecule has 1 heterocycles. The lowest BCUT2D eigenvalue weighted by molar-refractivity contribution is -0.684. The number of methoxy groups -OCH3 is 1. The van der Waals surface area contributed by atoms with Gasteiger partial charge in [0.05, 0.1) is 12.7 Å². The number of pyridine rings is 1. The Bertz CT molecular complexity index is 651. The van der Waals surface area contributed by atoms with Crippen molar-refractivity contribution in [3.63, 3.8) is 0 Å². The number of hydrogen-bond acceptors (Lipinski definition) is 3. The Labute approximate surface area is 123 Å². The molecule has 2 rings (SSSR count). The van der Waals surface area contributed by atoms with Crippen LogP contribution in [0.1, 0.15) is 17.3 Å².